The first-order valence-electron chi connectivity index (χ1n) is 8.59. The SMILES string of the molecule is CC(OC(=O)c1cc(N2CCOCC2)ccn1)C(=O)Nc1ccc(Br)cc1. The Morgan fingerprint density at radius 3 is 2.63 bits per heavy atom. The minimum Gasteiger partial charge on any atom is -0.448 e. The Bertz CT molecular complexity index is 807. The van der Waals surface area contributed by atoms with Crippen LogP contribution >= 0.6 is 15.9 Å². The number of pyridine rings is 1. The van der Waals surface area contributed by atoms with E-state index in [0.717, 1.165) is 23.2 Å². The number of benzene rings is 1. The number of hydrogen-bond donors (Lipinski definition) is 1. The molecule has 8 heteroatoms. The van der Waals surface area contributed by atoms with E-state index in [0.29, 0.717) is 18.9 Å². The van der Waals surface area contributed by atoms with Gasteiger partial charge in [-0.3, -0.25) is 4.79 Å². The molecule has 0 aliphatic carbocycles. The number of hydrogen-bond acceptors (Lipinski definition) is 6. The van der Waals surface area contributed by atoms with Gasteiger partial charge in [0.25, 0.3) is 5.91 Å². The largest absolute Gasteiger partial charge is 0.448 e. The fourth-order valence-corrected chi connectivity index (χ4v) is 2.87. The number of ether oxygens (including phenoxy) is 2. The maximum atomic E-state index is 12.4. The summed E-state index contributed by atoms with van der Waals surface area (Å²) in [5, 5.41) is 2.71. The number of carbonyl (C=O) groups excluding carboxylic acids is 2. The molecule has 1 aliphatic heterocycles. The van der Waals surface area contributed by atoms with Gasteiger partial charge in [0, 0.05) is 35.1 Å². The number of amides is 1. The molecule has 0 saturated carbocycles. The lowest BCUT2D eigenvalue weighted by Gasteiger charge is -2.28. The molecule has 1 saturated heterocycles. The van der Waals surface area contributed by atoms with Gasteiger partial charge in [0.1, 0.15) is 5.69 Å². The summed E-state index contributed by atoms with van der Waals surface area (Å²) in [6, 6.07) is 10.6. The summed E-state index contributed by atoms with van der Waals surface area (Å²) in [5.74, 6) is -1.04. The van der Waals surface area contributed by atoms with Gasteiger partial charge >= 0.3 is 5.97 Å². The van der Waals surface area contributed by atoms with Crippen LogP contribution in [0.2, 0.25) is 0 Å². The van der Waals surface area contributed by atoms with Gasteiger partial charge in [0.15, 0.2) is 6.10 Å². The molecular formula is C19H20BrN3O4. The van der Waals surface area contributed by atoms with Crippen LogP contribution in [0.15, 0.2) is 47.1 Å². The summed E-state index contributed by atoms with van der Waals surface area (Å²) < 4.78 is 11.5. The number of morpholine rings is 1. The Kier molecular flexibility index (Phi) is 6.41. The second-order valence-corrected chi connectivity index (χ2v) is 6.96. The number of aromatic nitrogens is 1. The molecule has 142 valence electrons. The van der Waals surface area contributed by atoms with Crippen molar-refractivity contribution in [2.24, 2.45) is 0 Å². The highest BCUT2D eigenvalue weighted by Crippen LogP contribution is 2.18. The predicted molar refractivity (Wildman–Crippen MR) is 105 cm³/mol. The quantitative estimate of drug-likeness (QED) is 0.730. The Hall–Kier alpha value is -2.45. The maximum Gasteiger partial charge on any atom is 0.357 e. The highest BCUT2D eigenvalue weighted by Gasteiger charge is 2.21. The molecule has 27 heavy (non-hydrogen) atoms. The zero-order valence-electron chi connectivity index (χ0n) is 14.9. The third-order valence-electron chi connectivity index (χ3n) is 4.09. The lowest BCUT2D eigenvalue weighted by atomic mass is 10.2. The molecule has 1 amide bonds. The molecule has 3 rings (SSSR count). The predicted octanol–water partition coefficient (Wildman–Crippen LogP) is 2.86. The van der Waals surface area contributed by atoms with Crippen LogP contribution in [0, 0.1) is 0 Å². The minimum atomic E-state index is -0.949. The molecule has 0 radical (unpaired) electrons. The van der Waals surface area contributed by atoms with E-state index < -0.39 is 18.0 Å². The molecule has 1 aromatic heterocycles. The summed E-state index contributed by atoms with van der Waals surface area (Å²) in [6.45, 7) is 4.33. The molecule has 1 N–H and O–H groups in total. The van der Waals surface area contributed by atoms with Crippen LogP contribution in [0.25, 0.3) is 0 Å². The van der Waals surface area contributed by atoms with Crippen molar-refractivity contribution in [3.05, 3.63) is 52.8 Å². The summed E-state index contributed by atoms with van der Waals surface area (Å²) in [7, 11) is 0. The fraction of sp³-hybridized carbons (Fsp3) is 0.316. The van der Waals surface area contributed by atoms with Crippen molar-refractivity contribution < 1.29 is 19.1 Å². The van der Waals surface area contributed by atoms with E-state index >= 15 is 0 Å². The van der Waals surface area contributed by atoms with Crippen LogP contribution in [-0.4, -0.2) is 49.3 Å². The molecule has 1 aliphatic rings. The van der Waals surface area contributed by atoms with E-state index in [1.54, 1.807) is 24.4 Å². The standard InChI is InChI=1S/C19H20BrN3O4/c1-13(18(24)22-15-4-2-14(20)3-5-15)27-19(25)17-12-16(6-7-21-17)23-8-10-26-11-9-23/h2-7,12-13H,8-11H2,1H3,(H,22,24). The van der Waals surface area contributed by atoms with Gasteiger partial charge in [-0.1, -0.05) is 15.9 Å². The first-order valence-corrected chi connectivity index (χ1v) is 9.38. The molecule has 1 aromatic carbocycles. The molecule has 0 bridgehead atoms. The van der Waals surface area contributed by atoms with Gasteiger partial charge in [0.05, 0.1) is 13.2 Å². The summed E-state index contributed by atoms with van der Waals surface area (Å²) in [6.07, 6.45) is 0.614. The van der Waals surface area contributed by atoms with E-state index in [4.69, 9.17) is 9.47 Å². The molecule has 2 heterocycles. The third-order valence-corrected chi connectivity index (χ3v) is 4.62. The van der Waals surface area contributed by atoms with E-state index in [1.165, 1.54) is 6.92 Å². The number of halogens is 1. The van der Waals surface area contributed by atoms with Crippen LogP contribution in [-0.2, 0) is 14.3 Å². The molecule has 7 nitrogen and oxygen atoms in total. The van der Waals surface area contributed by atoms with Crippen molar-refractivity contribution in [2.75, 3.05) is 36.5 Å². The molecule has 0 spiro atoms. The minimum absolute atomic E-state index is 0.169. The van der Waals surface area contributed by atoms with Gasteiger partial charge in [-0.15, -0.1) is 0 Å². The molecule has 2 aromatic rings. The third kappa shape index (κ3) is 5.27. The average molecular weight is 434 g/mol. The number of anilines is 2. The smallest absolute Gasteiger partial charge is 0.357 e. The van der Waals surface area contributed by atoms with Crippen LogP contribution in [0.5, 0.6) is 0 Å². The van der Waals surface area contributed by atoms with Gasteiger partial charge in [-0.2, -0.15) is 0 Å². The zero-order chi connectivity index (χ0) is 19.2. The Balaban J connectivity index is 1.60. The number of carbonyl (C=O) groups is 2. The van der Waals surface area contributed by atoms with E-state index in [1.807, 2.05) is 18.2 Å². The maximum absolute atomic E-state index is 12.4. The molecular weight excluding hydrogens is 414 g/mol. The Morgan fingerprint density at radius 1 is 1.22 bits per heavy atom. The molecule has 1 fully saturated rings. The Morgan fingerprint density at radius 2 is 1.93 bits per heavy atom. The number of nitrogens with one attached hydrogen (secondary N) is 1. The normalized spacial score (nSPS) is 15.1. The van der Waals surface area contributed by atoms with E-state index in [9.17, 15) is 9.59 Å². The summed E-state index contributed by atoms with van der Waals surface area (Å²) >= 11 is 3.33. The van der Waals surface area contributed by atoms with Crippen molar-refractivity contribution >= 4 is 39.2 Å². The van der Waals surface area contributed by atoms with Crippen molar-refractivity contribution in [3.63, 3.8) is 0 Å². The molecule has 1 atom stereocenters. The van der Waals surface area contributed by atoms with Crippen molar-refractivity contribution in [3.8, 4) is 0 Å². The van der Waals surface area contributed by atoms with Gasteiger partial charge in [0.2, 0.25) is 0 Å². The number of rotatable bonds is 5. The highest BCUT2D eigenvalue weighted by atomic mass is 79.9. The van der Waals surface area contributed by atoms with Crippen LogP contribution in [0.3, 0.4) is 0 Å². The Labute approximate surface area is 165 Å². The van der Waals surface area contributed by atoms with Crippen molar-refractivity contribution in [1.82, 2.24) is 4.98 Å². The monoisotopic (exact) mass is 433 g/mol. The number of nitrogens with zero attached hydrogens (tertiary/aromatic N) is 2. The topological polar surface area (TPSA) is 80.8 Å². The zero-order valence-corrected chi connectivity index (χ0v) is 16.4. The van der Waals surface area contributed by atoms with Crippen LogP contribution in [0.4, 0.5) is 11.4 Å². The molecule has 1 unspecified atom stereocenters. The number of esters is 1. The van der Waals surface area contributed by atoms with Crippen LogP contribution < -0.4 is 10.2 Å². The second kappa shape index (κ2) is 8.96. The lowest BCUT2D eigenvalue weighted by Crippen LogP contribution is -2.36. The average Bonchev–Trinajstić information content (AvgIpc) is 2.70. The van der Waals surface area contributed by atoms with E-state index in [2.05, 4.69) is 31.1 Å². The van der Waals surface area contributed by atoms with Crippen molar-refractivity contribution in [2.45, 2.75) is 13.0 Å². The first kappa shape index (κ1) is 19.3. The van der Waals surface area contributed by atoms with Crippen molar-refractivity contribution in [1.29, 1.82) is 0 Å². The lowest BCUT2D eigenvalue weighted by molar-refractivity contribution is -0.123. The fourth-order valence-electron chi connectivity index (χ4n) is 2.60. The van der Waals surface area contributed by atoms with Gasteiger partial charge < -0.3 is 19.7 Å². The van der Waals surface area contributed by atoms with Gasteiger partial charge in [-0.05, 0) is 43.3 Å². The summed E-state index contributed by atoms with van der Waals surface area (Å²) in [4.78, 5) is 30.8. The van der Waals surface area contributed by atoms with Gasteiger partial charge in [-0.25, -0.2) is 9.78 Å². The highest BCUT2D eigenvalue weighted by molar-refractivity contribution is 9.10. The van der Waals surface area contributed by atoms with E-state index in [-0.39, 0.29) is 5.69 Å². The first-order chi connectivity index (χ1) is 13.0. The second-order valence-electron chi connectivity index (χ2n) is 6.04. The summed E-state index contributed by atoms with van der Waals surface area (Å²) in [5.41, 5.74) is 1.67. The van der Waals surface area contributed by atoms with Crippen LogP contribution in [0.1, 0.15) is 17.4 Å².